The Labute approximate surface area is 421 Å². The van der Waals surface area contributed by atoms with Crippen LogP contribution in [0.2, 0.25) is 0 Å². The van der Waals surface area contributed by atoms with Crippen LogP contribution in [0.25, 0.3) is 0 Å². The minimum absolute atomic E-state index is 0.0127. The van der Waals surface area contributed by atoms with Crippen LogP contribution in [0.4, 0.5) is 0 Å². The zero-order valence-electron chi connectivity index (χ0n) is 42.3. The van der Waals surface area contributed by atoms with Gasteiger partial charge in [-0.3, -0.25) is 43.2 Å². The highest BCUT2D eigenvalue weighted by Gasteiger charge is 2.35. The summed E-state index contributed by atoms with van der Waals surface area (Å²) in [5.41, 5.74) is 3.42. The topological polar surface area (TPSA) is 491 Å². The minimum atomic E-state index is -1.99. The van der Waals surface area contributed by atoms with E-state index < -0.39 is 182 Å². The van der Waals surface area contributed by atoms with Crippen molar-refractivity contribution >= 4 is 77.0 Å². The van der Waals surface area contributed by atoms with Crippen LogP contribution in [0, 0.1) is 17.8 Å². The number of carbonyl (C=O) groups is 13. The molecule has 0 heterocycles. The van der Waals surface area contributed by atoms with Crippen LogP contribution in [0.3, 0.4) is 0 Å². The number of aliphatic carboxylic acids is 4. The van der Waals surface area contributed by atoms with Crippen LogP contribution >= 0.6 is 0 Å². The quantitative estimate of drug-likeness (QED) is 0.0285. The maximum atomic E-state index is 13.7. The molecule has 11 atom stereocenters. The van der Waals surface area contributed by atoms with E-state index in [1.54, 1.807) is 41.5 Å². The molecule has 0 rings (SSSR count). The lowest BCUT2D eigenvalue weighted by Crippen LogP contribution is -2.70. The Morgan fingerprint density at radius 1 is 0.411 bits per heavy atom. The van der Waals surface area contributed by atoms with E-state index in [0.717, 1.165) is 13.8 Å². The molecular weight excluding hydrogens is 973 g/mol. The summed E-state index contributed by atoms with van der Waals surface area (Å²) in [6, 6.07) is -16.0. The molecule has 29 heteroatoms. The second-order valence-electron chi connectivity index (χ2n) is 18.7. The van der Waals surface area contributed by atoms with Crippen molar-refractivity contribution in [2.75, 3.05) is 6.61 Å². The molecule has 0 aromatic rings. The number of carboxylic acids is 4. The number of amides is 9. The minimum Gasteiger partial charge on any atom is -0.550 e. The lowest BCUT2D eigenvalue weighted by Gasteiger charge is -2.28. The van der Waals surface area contributed by atoms with E-state index >= 15 is 0 Å². The van der Waals surface area contributed by atoms with E-state index in [-0.39, 0.29) is 31.1 Å². The zero-order valence-corrected chi connectivity index (χ0v) is 42.3. The molecule has 0 aromatic carbocycles. The van der Waals surface area contributed by atoms with Crippen LogP contribution in [-0.2, 0) is 62.3 Å². The standard InChI is InChI=1S/C44H74N10O19/c1-18(2)12-26(51-41(69)27(13-19(3)4)49-35(63)21(7)46-37(65)24(45)15-32(59)60)39(67)47-22(8)36(64)50-29(16-33(61)62)42(70)52-28(14-20(5)6)40(68)48-25(10-11-31(57)58)38(66)53-30(17-55)43(71)54-34(23(9)56)44(72)73/h18-30,34,55-56H,10-17,45H2,1-9H3,(H,46,65)(H,47,67)(H,48,68)(H,49,63)(H,50,64)(H,51,69)(H,52,70)(H,53,66)(H,54,71)(H,57,58)(H,59,60)(H,61,62)(H,72,73)/p-3/t21-,22-,23+,24-,25-,26-,27-,28-,29-,30-,34-/m0/s1. The molecule has 73 heavy (non-hydrogen) atoms. The average molecular weight is 1040 g/mol. The summed E-state index contributed by atoms with van der Waals surface area (Å²) in [6.07, 6.45) is -5.34. The van der Waals surface area contributed by atoms with Gasteiger partial charge in [-0.1, -0.05) is 41.5 Å². The van der Waals surface area contributed by atoms with Crippen molar-refractivity contribution in [2.45, 2.75) is 174 Å². The fraction of sp³-hybridized carbons (Fsp3) is 0.705. The van der Waals surface area contributed by atoms with Crippen LogP contribution in [0.1, 0.15) is 107 Å². The van der Waals surface area contributed by atoms with Crippen LogP contribution < -0.4 is 74.0 Å². The third kappa shape index (κ3) is 25.8. The highest BCUT2D eigenvalue weighted by atomic mass is 16.4. The summed E-state index contributed by atoms with van der Waals surface area (Å²) in [5.74, 6) is -17.5. The molecule has 14 N–H and O–H groups in total. The predicted octanol–water partition coefficient (Wildman–Crippen LogP) is -10.9. The number of aliphatic hydroxyl groups is 2. The summed E-state index contributed by atoms with van der Waals surface area (Å²) in [4.78, 5) is 165. The number of hydrogen-bond acceptors (Lipinski definition) is 19. The Balaban J connectivity index is 6.35. The van der Waals surface area contributed by atoms with E-state index in [9.17, 15) is 93.0 Å². The van der Waals surface area contributed by atoms with Crippen molar-refractivity contribution in [3.05, 3.63) is 0 Å². The molecule has 0 saturated heterocycles. The summed E-state index contributed by atoms with van der Waals surface area (Å²) >= 11 is 0. The van der Waals surface area contributed by atoms with E-state index in [1.807, 2.05) is 10.6 Å². The molecule has 0 aliphatic heterocycles. The van der Waals surface area contributed by atoms with Gasteiger partial charge in [-0.05, 0) is 70.6 Å². The molecule has 0 aliphatic carbocycles. The van der Waals surface area contributed by atoms with Crippen molar-refractivity contribution in [3.8, 4) is 0 Å². The second kappa shape index (κ2) is 32.1. The highest BCUT2D eigenvalue weighted by Crippen LogP contribution is 2.12. The van der Waals surface area contributed by atoms with Gasteiger partial charge in [-0.25, -0.2) is 0 Å². The van der Waals surface area contributed by atoms with Crippen LogP contribution in [0.5, 0.6) is 0 Å². The molecule has 29 nitrogen and oxygen atoms in total. The summed E-state index contributed by atoms with van der Waals surface area (Å²) in [7, 11) is 0. The number of carboxylic acid groups (broad SMARTS) is 4. The third-order valence-corrected chi connectivity index (χ3v) is 10.4. The number of hydrogen-bond donors (Lipinski definition) is 12. The smallest absolute Gasteiger partial charge is 0.279 e. The van der Waals surface area contributed by atoms with Gasteiger partial charge in [-0.15, -0.1) is 0 Å². The Morgan fingerprint density at radius 2 is 0.740 bits per heavy atom. The maximum absolute atomic E-state index is 13.7. The van der Waals surface area contributed by atoms with Gasteiger partial charge >= 0.3 is 0 Å². The van der Waals surface area contributed by atoms with Gasteiger partial charge in [0.15, 0.2) is 6.04 Å². The van der Waals surface area contributed by atoms with Crippen molar-refractivity contribution < 1.29 is 98.7 Å². The third-order valence-electron chi connectivity index (χ3n) is 10.4. The molecular formula is C44H71N10O19-3. The van der Waals surface area contributed by atoms with Gasteiger partial charge in [0.25, 0.3) is 5.91 Å². The molecule has 0 fully saturated rings. The van der Waals surface area contributed by atoms with Gasteiger partial charge in [0.2, 0.25) is 47.3 Å². The van der Waals surface area contributed by atoms with Crippen molar-refractivity contribution in [1.29, 1.82) is 0 Å². The second-order valence-corrected chi connectivity index (χ2v) is 18.7. The lowest BCUT2D eigenvalue weighted by atomic mass is 9.99. The molecule has 0 spiro atoms. The molecule has 414 valence electrons. The van der Waals surface area contributed by atoms with E-state index in [4.69, 9.17) is 0 Å². The monoisotopic (exact) mass is 1040 g/mol. The Morgan fingerprint density at radius 3 is 1.11 bits per heavy atom. The fourth-order valence-corrected chi connectivity index (χ4v) is 6.59. The van der Waals surface area contributed by atoms with Crippen molar-refractivity contribution in [2.24, 2.45) is 17.8 Å². The molecule has 0 aromatic heterocycles. The largest absolute Gasteiger partial charge is 0.550 e. The van der Waals surface area contributed by atoms with Gasteiger partial charge in [-0.2, -0.15) is 0 Å². The average Bonchev–Trinajstić information content (AvgIpc) is 3.25. The molecule has 0 saturated carbocycles. The van der Waals surface area contributed by atoms with E-state index in [0.29, 0.717) is 0 Å². The maximum Gasteiger partial charge on any atom is 0.279 e. The summed E-state index contributed by atoms with van der Waals surface area (Å²) in [6.45, 7) is 12.4. The SMILES string of the molecule is CC(C)C[C@H](NC(=O)[C@H](C)NC(=O)[C@@H]([NH3+])CC(=O)[O-])C(=O)N[C@@H](CC(C)C)C(=O)N[C@@H](C)C(=O)N[C@@H](CC(=O)[O-])C(=O)N[C@@H](CC(C)C)C(=O)N[C@@H](CCC(=O)[O-])C(=O)N[C@@H](CO)C(=O)N[C@H](C(=O)[O-])[C@@H](C)O. The van der Waals surface area contributed by atoms with E-state index in [2.05, 4.69) is 43.0 Å². The summed E-state index contributed by atoms with van der Waals surface area (Å²) < 4.78 is 0. The van der Waals surface area contributed by atoms with E-state index in [1.165, 1.54) is 6.92 Å². The summed E-state index contributed by atoms with van der Waals surface area (Å²) in [5, 5.41) is 85.1. The Kier molecular flexibility index (Phi) is 29.1. The van der Waals surface area contributed by atoms with Gasteiger partial charge < -0.3 is 103 Å². The molecule has 9 amide bonds. The van der Waals surface area contributed by atoms with Gasteiger partial charge in [0, 0.05) is 30.7 Å². The van der Waals surface area contributed by atoms with Gasteiger partial charge in [0.1, 0.15) is 48.3 Å². The lowest BCUT2D eigenvalue weighted by molar-refractivity contribution is -0.408. The number of nitrogens with one attached hydrogen (secondary N) is 9. The number of aliphatic hydroxyl groups excluding tert-OH is 2. The first kappa shape index (κ1) is 66.0. The fourth-order valence-electron chi connectivity index (χ4n) is 6.59. The van der Waals surface area contributed by atoms with Crippen LogP contribution in [-0.4, -0.2) is 160 Å². The Hall–Kier alpha value is -7.01. The molecule has 0 aliphatic rings. The first-order chi connectivity index (χ1) is 33.7. The van der Waals surface area contributed by atoms with Crippen molar-refractivity contribution in [1.82, 2.24) is 47.9 Å². The number of carbonyl (C=O) groups excluding carboxylic acids is 13. The molecule has 0 bridgehead atoms. The predicted molar refractivity (Wildman–Crippen MR) is 241 cm³/mol. The highest BCUT2D eigenvalue weighted by molar-refractivity contribution is 5.99. The van der Waals surface area contributed by atoms with Crippen LogP contribution in [0.15, 0.2) is 0 Å². The Bertz CT molecular complexity index is 1980. The molecule has 0 radical (unpaired) electrons. The number of rotatable bonds is 34. The number of quaternary nitrogens is 1. The molecule has 0 unspecified atom stereocenters. The van der Waals surface area contributed by atoms with Crippen molar-refractivity contribution in [3.63, 3.8) is 0 Å². The first-order valence-electron chi connectivity index (χ1n) is 23.4. The normalized spacial score (nSPS) is 15.7. The zero-order chi connectivity index (χ0) is 56.6. The first-order valence-corrected chi connectivity index (χ1v) is 23.4. The van der Waals surface area contributed by atoms with Gasteiger partial charge in [0.05, 0.1) is 24.7 Å².